The fraction of sp³-hybridized carbons (Fsp3) is 0.545. The van der Waals surface area contributed by atoms with Gasteiger partial charge in [-0.2, -0.15) is 0 Å². The summed E-state index contributed by atoms with van der Waals surface area (Å²) in [4.78, 5) is 4.32. The van der Waals surface area contributed by atoms with Crippen molar-refractivity contribution in [1.82, 2.24) is 15.8 Å². The molecule has 2 aromatic rings. The van der Waals surface area contributed by atoms with Gasteiger partial charge in [0.05, 0.1) is 12.3 Å². The molecule has 6 heteroatoms. The van der Waals surface area contributed by atoms with Crippen LogP contribution >= 0.6 is 0 Å². The summed E-state index contributed by atoms with van der Waals surface area (Å²) in [5, 5.41) is 10.7. The van der Waals surface area contributed by atoms with Crippen molar-refractivity contribution in [1.29, 1.82) is 0 Å². The van der Waals surface area contributed by atoms with Crippen molar-refractivity contribution in [3.63, 3.8) is 0 Å². The van der Waals surface area contributed by atoms with Gasteiger partial charge in [-0.1, -0.05) is 37.1 Å². The van der Waals surface area contributed by atoms with Crippen molar-refractivity contribution in [2.24, 2.45) is 4.99 Å². The Balaban J connectivity index is 1.86. The van der Waals surface area contributed by atoms with E-state index in [0.717, 1.165) is 60.3 Å². The number of aromatic nitrogens is 1. The summed E-state index contributed by atoms with van der Waals surface area (Å²) in [7, 11) is 1.78. The molecule has 0 spiro atoms. The van der Waals surface area contributed by atoms with E-state index in [1.807, 2.05) is 13.8 Å². The number of rotatable bonds is 10. The van der Waals surface area contributed by atoms with E-state index in [0.29, 0.717) is 6.54 Å². The van der Waals surface area contributed by atoms with Crippen LogP contribution in [0.1, 0.15) is 54.3 Å². The maximum Gasteiger partial charge on any atom is 0.191 e. The number of hydrogen-bond acceptors (Lipinski definition) is 4. The molecule has 0 aliphatic rings. The van der Waals surface area contributed by atoms with E-state index in [1.54, 1.807) is 7.05 Å². The van der Waals surface area contributed by atoms with Crippen LogP contribution in [-0.2, 0) is 13.0 Å². The Morgan fingerprint density at radius 3 is 2.68 bits per heavy atom. The average Bonchev–Trinajstić information content (AvgIpc) is 3.01. The van der Waals surface area contributed by atoms with Crippen LogP contribution in [0.15, 0.2) is 27.7 Å². The van der Waals surface area contributed by atoms with E-state index < -0.39 is 0 Å². The summed E-state index contributed by atoms with van der Waals surface area (Å²) < 4.78 is 11.2. The first-order chi connectivity index (χ1) is 13.5. The Morgan fingerprint density at radius 2 is 2.00 bits per heavy atom. The number of nitrogens with one attached hydrogen (secondary N) is 2. The maximum absolute atomic E-state index is 6.02. The molecule has 2 N–H and O–H groups in total. The van der Waals surface area contributed by atoms with E-state index in [9.17, 15) is 0 Å². The molecule has 0 unspecified atom stereocenters. The molecule has 0 amide bonds. The molecule has 0 bridgehead atoms. The van der Waals surface area contributed by atoms with E-state index in [2.05, 4.69) is 52.8 Å². The molecule has 6 nitrogen and oxygen atoms in total. The number of guanidine groups is 1. The highest BCUT2D eigenvalue weighted by molar-refractivity contribution is 5.79. The zero-order valence-corrected chi connectivity index (χ0v) is 17.9. The lowest BCUT2D eigenvalue weighted by Crippen LogP contribution is -2.38. The van der Waals surface area contributed by atoms with Gasteiger partial charge in [0.2, 0.25) is 0 Å². The van der Waals surface area contributed by atoms with E-state index in [-0.39, 0.29) is 0 Å². The normalized spacial score (nSPS) is 11.5. The fourth-order valence-electron chi connectivity index (χ4n) is 3.04. The Hall–Kier alpha value is -2.50. The molecule has 0 atom stereocenters. The lowest BCUT2D eigenvalue weighted by Gasteiger charge is -2.15. The van der Waals surface area contributed by atoms with Crippen molar-refractivity contribution >= 4 is 5.96 Å². The van der Waals surface area contributed by atoms with Crippen molar-refractivity contribution in [3.05, 3.63) is 46.3 Å². The molecule has 1 aromatic carbocycles. The Morgan fingerprint density at radius 1 is 1.18 bits per heavy atom. The highest BCUT2D eigenvalue weighted by atomic mass is 16.5. The monoisotopic (exact) mass is 386 g/mol. The number of nitrogens with zero attached hydrogens (tertiary/aromatic N) is 2. The summed E-state index contributed by atoms with van der Waals surface area (Å²) >= 11 is 0. The van der Waals surface area contributed by atoms with Crippen LogP contribution in [0.25, 0.3) is 0 Å². The van der Waals surface area contributed by atoms with E-state index in [1.165, 1.54) is 18.4 Å². The topological polar surface area (TPSA) is 71.7 Å². The highest BCUT2D eigenvalue weighted by Crippen LogP contribution is 2.21. The van der Waals surface area contributed by atoms with Gasteiger partial charge in [-0.25, -0.2) is 0 Å². The van der Waals surface area contributed by atoms with Gasteiger partial charge >= 0.3 is 0 Å². The van der Waals surface area contributed by atoms with Crippen molar-refractivity contribution < 1.29 is 9.26 Å². The molecular formula is C22H34N4O2. The van der Waals surface area contributed by atoms with Crippen LogP contribution in [0, 0.1) is 20.8 Å². The van der Waals surface area contributed by atoms with Gasteiger partial charge in [0.25, 0.3) is 0 Å². The molecule has 0 aliphatic carbocycles. The lowest BCUT2D eigenvalue weighted by molar-refractivity contribution is 0.303. The average molecular weight is 387 g/mol. The summed E-state index contributed by atoms with van der Waals surface area (Å²) in [5.41, 5.74) is 4.45. The van der Waals surface area contributed by atoms with E-state index in [4.69, 9.17) is 9.26 Å². The second-order valence-corrected chi connectivity index (χ2v) is 7.07. The SMILES string of the molecule is CCCCCOc1cc(C)ccc1CNC(=NC)NCCc1c(C)noc1C. The first-order valence-corrected chi connectivity index (χ1v) is 10.1. The van der Waals surface area contributed by atoms with Gasteiger partial charge in [0.15, 0.2) is 5.96 Å². The fourth-order valence-corrected chi connectivity index (χ4v) is 3.04. The molecule has 1 heterocycles. The van der Waals surface area contributed by atoms with Crippen LogP contribution in [0.3, 0.4) is 0 Å². The first kappa shape index (κ1) is 21.8. The zero-order valence-electron chi connectivity index (χ0n) is 17.9. The molecule has 0 radical (unpaired) electrons. The van der Waals surface area contributed by atoms with Gasteiger partial charge in [0.1, 0.15) is 11.5 Å². The Labute approximate surface area is 168 Å². The maximum atomic E-state index is 6.02. The van der Waals surface area contributed by atoms with Gasteiger partial charge in [-0.15, -0.1) is 0 Å². The summed E-state index contributed by atoms with van der Waals surface area (Å²) in [6.07, 6.45) is 4.32. The Bertz CT molecular complexity index is 748. The second kappa shape index (κ2) is 11.4. The van der Waals surface area contributed by atoms with Crippen LogP contribution in [0.2, 0.25) is 0 Å². The number of ether oxygens (including phenoxy) is 1. The summed E-state index contributed by atoms with van der Waals surface area (Å²) in [6, 6.07) is 6.34. The molecule has 0 saturated carbocycles. The standard InChI is InChI=1S/C22H34N4O2/c1-6-7-8-13-27-21-14-16(2)9-10-19(21)15-25-22(23-5)24-12-11-20-17(3)26-28-18(20)4/h9-10,14H,6-8,11-13,15H2,1-5H3,(H2,23,24,25). The number of hydrogen-bond donors (Lipinski definition) is 2. The number of aliphatic imine (C=N–C) groups is 1. The largest absolute Gasteiger partial charge is 0.493 e. The van der Waals surface area contributed by atoms with Crippen LogP contribution in [0.5, 0.6) is 5.75 Å². The van der Waals surface area contributed by atoms with Crippen molar-refractivity contribution in [2.45, 2.75) is 59.9 Å². The van der Waals surface area contributed by atoms with Gasteiger partial charge in [0, 0.05) is 31.3 Å². The quantitative estimate of drug-likeness (QED) is 0.366. The van der Waals surface area contributed by atoms with E-state index >= 15 is 0 Å². The van der Waals surface area contributed by atoms with Crippen molar-refractivity contribution in [3.8, 4) is 5.75 Å². The van der Waals surface area contributed by atoms with Crippen LogP contribution in [0.4, 0.5) is 0 Å². The van der Waals surface area contributed by atoms with Gasteiger partial charge in [-0.05, 0) is 45.2 Å². The molecule has 0 saturated heterocycles. The minimum atomic E-state index is 0.661. The first-order valence-electron chi connectivity index (χ1n) is 10.1. The highest BCUT2D eigenvalue weighted by Gasteiger charge is 2.09. The molecular weight excluding hydrogens is 352 g/mol. The number of aryl methyl sites for hydroxylation is 3. The minimum absolute atomic E-state index is 0.661. The summed E-state index contributed by atoms with van der Waals surface area (Å²) in [5.74, 6) is 2.60. The van der Waals surface area contributed by atoms with Crippen molar-refractivity contribution in [2.75, 3.05) is 20.2 Å². The molecule has 28 heavy (non-hydrogen) atoms. The Kier molecular flexibility index (Phi) is 8.85. The smallest absolute Gasteiger partial charge is 0.191 e. The lowest BCUT2D eigenvalue weighted by atomic mass is 10.1. The molecule has 0 fully saturated rings. The van der Waals surface area contributed by atoms with Crippen LogP contribution in [-0.4, -0.2) is 31.3 Å². The minimum Gasteiger partial charge on any atom is -0.493 e. The number of benzene rings is 1. The van der Waals surface area contributed by atoms with Crippen LogP contribution < -0.4 is 15.4 Å². The number of unbranched alkanes of at least 4 members (excludes halogenated alkanes) is 2. The molecule has 0 aliphatic heterocycles. The predicted octanol–water partition coefficient (Wildman–Crippen LogP) is 4.08. The third-order valence-corrected chi connectivity index (χ3v) is 4.75. The zero-order chi connectivity index (χ0) is 20.4. The predicted molar refractivity (Wildman–Crippen MR) is 114 cm³/mol. The molecule has 1 aromatic heterocycles. The second-order valence-electron chi connectivity index (χ2n) is 7.07. The van der Waals surface area contributed by atoms with Gasteiger partial charge < -0.3 is 19.9 Å². The molecule has 154 valence electrons. The summed E-state index contributed by atoms with van der Waals surface area (Å²) in [6.45, 7) is 10.4. The molecule has 2 rings (SSSR count). The van der Waals surface area contributed by atoms with Gasteiger partial charge in [-0.3, -0.25) is 4.99 Å². The third-order valence-electron chi connectivity index (χ3n) is 4.75. The third kappa shape index (κ3) is 6.59.